The second-order valence-electron chi connectivity index (χ2n) is 3.63. The van der Waals surface area contributed by atoms with E-state index in [0.29, 0.717) is 17.0 Å². The Morgan fingerprint density at radius 3 is 2.52 bits per heavy atom. The molecule has 0 radical (unpaired) electrons. The van der Waals surface area contributed by atoms with E-state index < -0.39 is 17.8 Å². The molecule has 0 saturated carbocycles. The molecule has 2 aromatic heterocycles. The molecule has 1 N–H and O–H groups in total. The fourth-order valence-corrected chi connectivity index (χ4v) is 1.87. The zero-order chi connectivity index (χ0) is 15.5. The van der Waals surface area contributed by atoms with Crippen LogP contribution in [0.25, 0.3) is 0 Å². The molecular weight excluding hydrogens is 319 g/mol. The lowest BCUT2D eigenvalue weighted by Crippen LogP contribution is -2.04. The number of aromatic nitrogens is 3. The lowest BCUT2D eigenvalue weighted by molar-refractivity contribution is -0.138. The molecule has 0 amide bonds. The van der Waals surface area contributed by atoms with Crippen LogP contribution in [0, 0.1) is 0 Å². The van der Waals surface area contributed by atoms with Crippen molar-refractivity contribution in [2.75, 3.05) is 5.32 Å². The lowest BCUT2D eigenvalue weighted by atomic mass is 10.3. The zero-order valence-corrected chi connectivity index (χ0v) is 10.9. The van der Waals surface area contributed by atoms with Gasteiger partial charge in [0.25, 0.3) is 0 Å². The van der Waals surface area contributed by atoms with Crippen LogP contribution in [0.2, 0.25) is 0 Å². The van der Waals surface area contributed by atoms with E-state index in [9.17, 15) is 22.0 Å². The van der Waals surface area contributed by atoms with Crippen LogP contribution in [0.5, 0.6) is 5.75 Å². The molecule has 0 aliphatic carbocycles. The smallest absolute Gasteiger partial charge is 0.433 e. The molecule has 0 bridgehead atoms. The number of hydrogen-bond donors (Lipinski definition) is 1. The van der Waals surface area contributed by atoms with E-state index in [-0.39, 0.29) is 17.4 Å². The highest BCUT2D eigenvalue weighted by Gasteiger charge is 2.35. The van der Waals surface area contributed by atoms with Crippen molar-refractivity contribution in [3.63, 3.8) is 0 Å². The number of ether oxygens (including phenoxy) is 1. The Morgan fingerprint density at radius 2 is 2.00 bits per heavy atom. The predicted octanol–water partition coefficient (Wildman–Crippen LogP) is 3.17. The van der Waals surface area contributed by atoms with Crippen LogP contribution in [-0.4, -0.2) is 21.8 Å². The van der Waals surface area contributed by atoms with Crippen LogP contribution < -0.4 is 10.1 Å². The molecule has 0 aliphatic rings. The van der Waals surface area contributed by atoms with E-state index in [2.05, 4.69) is 25.2 Å². The first kappa shape index (κ1) is 15.4. The number of anilines is 1. The van der Waals surface area contributed by atoms with E-state index in [4.69, 9.17) is 0 Å². The van der Waals surface area contributed by atoms with Crippen LogP contribution >= 0.6 is 11.3 Å². The number of alkyl halides is 5. The number of hydrogen-bond acceptors (Lipinski definition) is 6. The summed E-state index contributed by atoms with van der Waals surface area (Å²) in [5.41, 5.74) is 0.417. The minimum Gasteiger partial charge on any atom is -0.433 e. The van der Waals surface area contributed by atoms with Crippen molar-refractivity contribution < 1.29 is 26.7 Å². The molecule has 21 heavy (non-hydrogen) atoms. The summed E-state index contributed by atoms with van der Waals surface area (Å²) in [6.45, 7) is -2.88. The van der Waals surface area contributed by atoms with Crippen molar-refractivity contribution in [2.45, 2.75) is 19.3 Å². The molecule has 2 heterocycles. The first-order valence-corrected chi connectivity index (χ1v) is 6.20. The molecule has 0 unspecified atom stereocenters. The van der Waals surface area contributed by atoms with Gasteiger partial charge in [-0.25, -0.2) is 0 Å². The van der Waals surface area contributed by atoms with E-state index in [1.54, 1.807) is 0 Å². The van der Waals surface area contributed by atoms with Gasteiger partial charge >= 0.3 is 12.8 Å². The topological polar surface area (TPSA) is 59.9 Å². The Morgan fingerprint density at radius 1 is 1.24 bits per heavy atom. The monoisotopic (exact) mass is 326 g/mol. The fourth-order valence-electron chi connectivity index (χ4n) is 1.26. The third-order valence-corrected chi connectivity index (χ3v) is 3.04. The van der Waals surface area contributed by atoms with Crippen LogP contribution in [0.3, 0.4) is 0 Å². The average molecular weight is 326 g/mol. The summed E-state index contributed by atoms with van der Waals surface area (Å²) < 4.78 is 64.9. The van der Waals surface area contributed by atoms with Gasteiger partial charge in [0, 0.05) is 0 Å². The van der Waals surface area contributed by atoms with Gasteiger partial charge < -0.3 is 10.1 Å². The number of halogens is 5. The van der Waals surface area contributed by atoms with Gasteiger partial charge in [0.2, 0.25) is 10.1 Å². The minimum atomic E-state index is -4.54. The number of nitrogens with zero attached hydrogens (tertiary/aromatic N) is 3. The quantitative estimate of drug-likeness (QED) is 0.855. The second-order valence-corrected chi connectivity index (χ2v) is 4.60. The average Bonchev–Trinajstić information content (AvgIpc) is 2.86. The van der Waals surface area contributed by atoms with E-state index in [0.717, 1.165) is 6.20 Å². The Kier molecular flexibility index (Phi) is 4.50. The Labute approximate surface area is 118 Å². The highest BCUT2D eigenvalue weighted by molar-refractivity contribution is 7.15. The van der Waals surface area contributed by atoms with Crippen LogP contribution in [-0.2, 0) is 12.7 Å². The summed E-state index contributed by atoms with van der Waals surface area (Å²) in [4.78, 5) is 3.82. The van der Waals surface area contributed by atoms with Gasteiger partial charge in [0.1, 0.15) is 5.75 Å². The van der Waals surface area contributed by atoms with Crippen LogP contribution in [0.15, 0.2) is 18.3 Å². The first-order chi connectivity index (χ1) is 9.84. The number of rotatable bonds is 5. The number of pyridine rings is 1. The molecule has 2 aromatic rings. The van der Waals surface area contributed by atoms with Crippen LogP contribution in [0.4, 0.5) is 27.1 Å². The van der Waals surface area contributed by atoms with Crippen molar-refractivity contribution in [1.29, 1.82) is 0 Å². The maximum absolute atomic E-state index is 12.3. The van der Waals surface area contributed by atoms with Crippen molar-refractivity contribution in [2.24, 2.45) is 0 Å². The summed E-state index contributed by atoms with van der Waals surface area (Å²) in [5, 5.41) is 7.88. The lowest BCUT2D eigenvalue weighted by Gasteiger charge is -2.05. The molecule has 0 aromatic carbocycles. The molecule has 11 heteroatoms. The van der Waals surface area contributed by atoms with Crippen LogP contribution in [0.1, 0.15) is 10.7 Å². The summed E-state index contributed by atoms with van der Waals surface area (Å²) >= 11 is 0.361. The third-order valence-electron chi connectivity index (χ3n) is 2.11. The minimum absolute atomic E-state index is 0.0166. The summed E-state index contributed by atoms with van der Waals surface area (Å²) in [7, 11) is 0. The molecule has 0 atom stereocenters. The maximum atomic E-state index is 12.3. The molecule has 114 valence electrons. The molecule has 0 spiro atoms. The first-order valence-electron chi connectivity index (χ1n) is 5.39. The third kappa shape index (κ3) is 4.48. The van der Waals surface area contributed by atoms with E-state index in [1.165, 1.54) is 12.1 Å². The van der Waals surface area contributed by atoms with Gasteiger partial charge in [-0.05, 0) is 12.1 Å². The van der Waals surface area contributed by atoms with E-state index >= 15 is 0 Å². The Bertz CT molecular complexity index is 586. The summed E-state index contributed by atoms with van der Waals surface area (Å²) in [5.74, 6) is -0.107. The highest BCUT2D eigenvalue weighted by atomic mass is 32.1. The molecular formula is C10H7F5N4OS. The Balaban J connectivity index is 1.92. The molecule has 0 fully saturated rings. The van der Waals surface area contributed by atoms with Gasteiger partial charge in [0.05, 0.1) is 18.4 Å². The SMILES string of the molecule is FC(F)Oc1ccc(CNc2nnc(C(F)(F)F)s2)nc1. The fraction of sp³-hybridized carbons (Fsp3) is 0.300. The zero-order valence-electron chi connectivity index (χ0n) is 10.1. The molecule has 0 saturated heterocycles. The summed E-state index contributed by atoms with van der Waals surface area (Å²) in [6, 6.07) is 2.67. The predicted molar refractivity (Wildman–Crippen MR) is 63.1 cm³/mol. The van der Waals surface area contributed by atoms with Gasteiger partial charge in [-0.15, -0.1) is 10.2 Å². The summed E-state index contributed by atoms with van der Waals surface area (Å²) in [6.07, 6.45) is -3.45. The van der Waals surface area contributed by atoms with Gasteiger partial charge in [0.15, 0.2) is 0 Å². The number of nitrogens with one attached hydrogen (secondary N) is 1. The normalized spacial score (nSPS) is 11.7. The van der Waals surface area contributed by atoms with Gasteiger partial charge in [-0.1, -0.05) is 11.3 Å². The van der Waals surface area contributed by atoms with Crippen molar-refractivity contribution in [3.05, 3.63) is 29.0 Å². The molecule has 5 nitrogen and oxygen atoms in total. The van der Waals surface area contributed by atoms with Crippen molar-refractivity contribution in [3.8, 4) is 5.75 Å². The van der Waals surface area contributed by atoms with Crippen molar-refractivity contribution in [1.82, 2.24) is 15.2 Å². The molecule has 2 rings (SSSR count). The maximum Gasteiger partial charge on any atom is 0.445 e. The van der Waals surface area contributed by atoms with Gasteiger partial charge in [-0.2, -0.15) is 22.0 Å². The van der Waals surface area contributed by atoms with Crippen molar-refractivity contribution >= 4 is 16.5 Å². The van der Waals surface area contributed by atoms with E-state index in [1.807, 2.05) is 0 Å². The second kappa shape index (κ2) is 6.16. The highest BCUT2D eigenvalue weighted by Crippen LogP contribution is 2.33. The largest absolute Gasteiger partial charge is 0.445 e. The Hall–Kier alpha value is -2.04. The van der Waals surface area contributed by atoms with Gasteiger partial charge in [-0.3, -0.25) is 4.98 Å². The molecule has 0 aliphatic heterocycles. The standard InChI is InChI=1S/C10H7F5N4OS/c11-8(12)20-6-2-1-5(16-4-6)3-17-9-19-18-7(21-9)10(13,14)15/h1-2,4,8H,3H2,(H,17,19).